The van der Waals surface area contributed by atoms with E-state index in [1.165, 1.54) is 36.4 Å². The topological polar surface area (TPSA) is 79.7 Å². The van der Waals surface area contributed by atoms with Crippen molar-refractivity contribution in [3.63, 3.8) is 0 Å². The van der Waals surface area contributed by atoms with Gasteiger partial charge in [0.05, 0.1) is 22.4 Å². The molecule has 0 spiro atoms. The lowest BCUT2D eigenvalue weighted by Gasteiger charge is -2.23. The summed E-state index contributed by atoms with van der Waals surface area (Å²) < 4.78 is 34.6. The summed E-state index contributed by atoms with van der Waals surface area (Å²) in [6, 6.07) is 14.7. The van der Waals surface area contributed by atoms with Gasteiger partial charge in [-0.2, -0.15) is 0 Å². The minimum Gasteiger partial charge on any atom is -0.507 e. The molecule has 1 aliphatic heterocycles. The standard InChI is InChI=1S/C26H18F2N2O4S/c1-2-34-16-10-7-14(8-11-16)23(31)21-22(17-5-3-4-6-18(17)28)30(25(33)24(21)32)26-29-19-12-9-15(27)13-20(19)35-26/h3-13,22,31H,2H2,1H3/b23-21+/t22-/m1/s1. The van der Waals surface area contributed by atoms with Crippen LogP contribution in [0.25, 0.3) is 16.0 Å². The largest absolute Gasteiger partial charge is 0.507 e. The third-order valence-electron chi connectivity index (χ3n) is 5.63. The molecule has 1 N–H and O–H groups in total. The third-order valence-corrected chi connectivity index (χ3v) is 6.65. The highest BCUT2D eigenvalue weighted by Gasteiger charge is 2.49. The second-order valence-corrected chi connectivity index (χ2v) is 8.77. The van der Waals surface area contributed by atoms with Crippen LogP contribution in [-0.4, -0.2) is 28.4 Å². The van der Waals surface area contributed by atoms with E-state index in [9.17, 15) is 23.5 Å². The molecule has 1 aliphatic rings. The molecule has 0 radical (unpaired) electrons. The molecule has 0 saturated carbocycles. The number of benzene rings is 3. The van der Waals surface area contributed by atoms with Crippen LogP contribution in [0.4, 0.5) is 13.9 Å². The van der Waals surface area contributed by atoms with E-state index in [4.69, 9.17) is 4.74 Å². The lowest BCUT2D eigenvalue weighted by Crippen LogP contribution is -2.29. The SMILES string of the molecule is CCOc1ccc(/C(O)=C2\C(=O)C(=O)N(c3nc4ccc(F)cc4s3)[C@@H]2c2ccccc2F)cc1. The van der Waals surface area contributed by atoms with Crippen LogP contribution in [0.2, 0.25) is 0 Å². The number of aromatic nitrogens is 1. The number of aliphatic hydroxyl groups is 1. The van der Waals surface area contributed by atoms with Crippen molar-refractivity contribution in [3.8, 4) is 5.75 Å². The molecule has 5 rings (SSSR count). The molecule has 1 aromatic heterocycles. The van der Waals surface area contributed by atoms with Crippen LogP contribution in [0.15, 0.2) is 72.3 Å². The first-order valence-electron chi connectivity index (χ1n) is 10.7. The summed E-state index contributed by atoms with van der Waals surface area (Å²) in [6.07, 6.45) is 0. The van der Waals surface area contributed by atoms with Gasteiger partial charge in [0, 0.05) is 11.1 Å². The number of amides is 1. The average Bonchev–Trinajstić information content (AvgIpc) is 3.37. The summed E-state index contributed by atoms with van der Waals surface area (Å²) in [7, 11) is 0. The van der Waals surface area contributed by atoms with E-state index in [1.807, 2.05) is 6.92 Å². The molecule has 4 aromatic rings. The Hall–Kier alpha value is -4.11. The first kappa shape index (κ1) is 22.7. The second kappa shape index (κ2) is 8.92. The maximum atomic E-state index is 15.0. The summed E-state index contributed by atoms with van der Waals surface area (Å²) in [5, 5.41) is 11.2. The number of Topliss-reactive ketones (excluding diaryl/α,β-unsaturated/α-hetero) is 1. The molecular weight excluding hydrogens is 474 g/mol. The predicted octanol–water partition coefficient (Wildman–Crippen LogP) is 5.60. The minimum absolute atomic E-state index is 0.0182. The first-order chi connectivity index (χ1) is 16.9. The molecular formula is C26H18F2N2O4S. The second-order valence-electron chi connectivity index (χ2n) is 7.76. The quantitative estimate of drug-likeness (QED) is 0.223. The maximum absolute atomic E-state index is 15.0. The summed E-state index contributed by atoms with van der Waals surface area (Å²) in [4.78, 5) is 31.9. The van der Waals surface area contributed by atoms with Gasteiger partial charge in [-0.25, -0.2) is 13.8 Å². The zero-order valence-corrected chi connectivity index (χ0v) is 19.2. The van der Waals surface area contributed by atoms with Crippen LogP contribution in [0.3, 0.4) is 0 Å². The third kappa shape index (κ3) is 3.93. The Bertz CT molecular complexity index is 1500. The average molecular weight is 493 g/mol. The molecule has 35 heavy (non-hydrogen) atoms. The van der Waals surface area contributed by atoms with Crippen molar-refractivity contribution in [2.45, 2.75) is 13.0 Å². The van der Waals surface area contributed by atoms with Gasteiger partial charge in [-0.15, -0.1) is 0 Å². The lowest BCUT2D eigenvalue weighted by atomic mass is 9.95. The van der Waals surface area contributed by atoms with Gasteiger partial charge in [-0.1, -0.05) is 29.5 Å². The van der Waals surface area contributed by atoms with Gasteiger partial charge < -0.3 is 9.84 Å². The van der Waals surface area contributed by atoms with Crippen molar-refractivity contribution in [2.24, 2.45) is 0 Å². The Kier molecular flexibility index (Phi) is 5.78. The predicted molar refractivity (Wildman–Crippen MR) is 128 cm³/mol. The van der Waals surface area contributed by atoms with Gasteiger partial charge in [0.2, 0.25) is 0 Å². The highest BCUT2D eigenvalue weighted by atomic mass is 32.1. The van der Waals surface area contributed by atoms with Crippen molar-refractivity contribution in [1.29, 1.82) is 0 Å². The van der Waals surface area contributed by atoms with Crippen LogP contribution in [0.5, 0.6) is 5.75 Å². The van der Waals surface area contributed by atoms with Crippen molar-refractivity contribution >= 4 is 44.1 Å². The van der Waals surface area contributed by atoms with Gasteiger partial charge in [0.15, 0.2) is 5.13 Å². The normalized spacial score (nSPS) is 17.3. The number of fused-ring (bicyclic) bond motifs is 1. The fourth-order valence-corrected chi connectivity index (χ4v) is 5.06. The Balaban J connectivity index is 1.70. The number of hydrogen-bond acceptors (Lipinski definition) is 6. The Morgan fingerprint density at radius 2 is 1.83 bits per heavy atom. The van der Waals surface area contributed by atoms with E-state index in [-0.39, 0.29) is 21.8 Å². The molecule has 176 valence electrons. The number of ether oxygens (including phenoxy) is 1. The number of nitrogens with zero attached hydrogens (tertiary/aromatic N) is 2. The van der Waals surface area contributed by atoms with Crippen molar-refractivity contribution in [3.05, 3.63) is 95.1 Å². The van der Waals surface area contributed by atoms with Crippen molar-refractivity contribution in [2.75, 3.05) is 11.5 Å². The van der Waals surface area contributed by atoms with Crippen LogP contribution in [-0.2, 0) is 9.59 Å². The number of hydrogen-bond donors (Lipinski definition) is 1. The van der Waals surface area contributed by atoms with Crippen LogP contribution < -0.4 is 9.64 Å². The molecule has 1 fully saturated rings. The highest BCUT2D eigenvalue weighted by molar-refractivity contribution is 7.22. The Morgan fingerprint density at radius 1 is 1.09 bits per heavy atom. The van der Waals surface area contributed by atoms with Gasteiger partial charge in [-0.05, 0) is 55.5 Å². The number of anilines is 1. The summed E-state index contributed by atoms with van der Waals surface area (Å²) in [6.45, 7) is 2.29. The molecule has 3 aromatic carbocycles. The van der Waals surface area contributed by atoms with Gasteiger partial charge in [-0.3, -0.25) is 14.5 Å². The maximum Gasteiger partial charge on any atom is 0.301 e. The van der Waals surface area contributed by atoms with E-state index >= 15 is 0 Å². The van der Waals surface area contributed by atoms with Crippen LogP contribution in [0.1, 0.15) is 24.1 Å². The molecule has 1 atom stereocenters. The summed E-state index contributed by atoms with van der Waals surface area (Å²) >= 11 is 0.994. The summed E-state index contributed by atoms with van der Waals surface area (Å²) in [5.74, 6) is -2.96. The fourth-order valence-electron chi connectivity index (χ4n) is 4.04. The zero-order chi connectivity index (χ0) is 24.7. The van der Waals surface area contributed by atoms with E-state index in [0.29, 0.717) is 22.6 Å². The zero-order valence-electron chi connectivity index (χ0n) is 18.4. The lowest BCUT2D eigenvalue weighted by molar-refractivity contribution is -0.132. The van der Waals surface area contributed by atoms with E-state index < -0.39 is 35.1 Å². The van der Waals surface area contributed by atoms with Crippen molar-refractivity contribution < 1.29 is 28.2 Å². The number of carbonyl (C=O) groups excluding carboxylic acids is 2. The van der Waals surface area contributed by atoms with Crippen molar-refractivity contribution in [1.82, 2.24) is 4.98 Å². The molecule has 0 unspecified atom stereocenters. The Morgan fingerprint density at radius 3 is 2.54 bits per heavy atom. The smallest absolute Gasteiger partial charge is 0.301 e. The van der Waals surface area contributed by atoms with E-state index in [2.05, 4.69) is 4.98 Å². The molecule has 6 nitrogen and oxygen atoms in total. The minimum atomic E-state index is -1.27. The van der Waals surface area contributed by atoms with Gasteiger partial charge in [0.25, 0.3) is 5.78 Å². The molecule has 2 heterocycles. The number of ketones is 1. The number of aliphatic hydroxyl groups excluding tert-OH is 1. The van der Waals surface area contributed by atoms with Gasteiger partial charge >= 0.3 is 5.91 Å². The molecule has 0 bridgehead atoms. The summed E-state index contributed by atoms with van der Waals surface area (Å²) in [5.41, 5.74) is 0.436. The number of halogens is 2. The van der Waals surface area contributed by atoms with Gasteiger partial charge in [0.1, 0.15) is 29.2 Å². The fraction of sp³-hybridized carbons (Fsp3) is 0.115. The number of rotatable bonds is 5. The monoisotopic (exact) mass is 492 g/mol. The first-order valence-corrected chi connectivity index (χ1v) is 11.6. The molecule has 1 amide bonds. The number of carbonyl (C=O) groups is 2. The molecule has 9 heteroatoms. The Labute approximate surface area is 202 Å². The molecule has 1 saturated heterocycles. The highest BCUT2D eigenvalue weighted by Crippen LogP contribution is 2.45. The van der Waals surface area contributed by atoms with Crippen LogP contribution >= 0.6 is 11.3 Å². The number of thiazole rings is 1. The molecule has 0 aliphatic carbocycles. The van der Waals surface area contributed by atoms with Crippen LogP contribution in [0, 0.1) is 11.6 Å². The van der Waals surface area contributed by atoms with E-state index in [0.717, 1.165) is 16.2 Å². The van der Waals surface area contributed by atoms with E-state index in [1.54, 1.807) is 30.3 Å².